The topological polar surface area (TPSA) is 48.0 Å². The summed E-state index contributed by atoms with van der Waals surface area (Å²) in [5.74, 6) is 1.54. The number of para-hydroxylation sites is 1. The molecule has 0 spiro atoms. The van der Waals surface area contributed by atoms with Gasteiger partial charge in [0.25, 0.3) is 0 Å². The van der Waals surface area contributed by atoms with Crippen LogP contribution in [0.15, 0.2) is 54.6 Å². The van der Waals surface area contributed by atoms with Crippen molar-refractivity contribution in [2.75, 3.05) is 58.7 Å². The normalized spacial score (nSPS) is 14.9. The fraction of sp³-hybridized carbons (Fsp3) is 0.409. The standard InChI is InChI=1S/C22H30N4O2/c1-24(2)13-6-14-25-15-17-26(18-16-25)22(27)23-19-9-11-21(12-10-19)28-20-7-4-3-5-8-20/h3-5,7-12H,6,13-18H2,1-2H3,(H,23,27). The number of hydrogen-bond acceptors (Lipinski definition) is 4. The Morgan fingerprint density at radius 3 is 2.25 bits per heavy atom. The zero-order valence-electron chi connectivity index (χ0n) is 16.8. The number of urea groups is 1. The van der Waals surface area contributed by atoms with Crippen LogP contribution in [-0.4, -0.2) is 74.1 Å². The van der Waals surface area contributed by atoms with Crippen molar-refractivity contribution in [1.29, 1.82) is 0 Å². The highest BCUT2D eigenvalue weighted by Crippen LogP contribution is 2.22. The van der Waals surface area contributed by atoms with Crippen LogP contribution >= 0.6 is 0 Å². The van der Waals surface area contributed by atoms with Crippen molar-refractivity contribution < 1.29 is 9.53 Å². The van der Waals surface area contributed by atoms with Gasteiger partial charge in [-0.2, -0.15) is 0 Å². The minimum atomic E-state index is -0.0373. The molecule has 1 aliphatic rings. The highest BCUT2D eigenvalue weighted by atomic mass is 16.5. The minimum Gasteiger partial charge on any atom is -0.457 e. The zero-order valence-corrected chi connectivity index (χ0v) is 16.8. The lowest BCUT2D eigenvalue weighted by molar-refractivity contribution is 0.144. The number of benzene rings is 2. The van der Waals surface area contributed by atoms with Crippen molar-refractivity contribution in [2.24, 2.45) is 0 Å². The summed E-state index contributed by atoms with van der Waals surface area (Å²) in [5.41, 5.74) is 0.777. The van der Waals surface area contributed by atoms with E-state index in [4.69, 9.17) is 4.74 Å². The zero-order chi connectivity index (χ0) is 19.8. The van der Waals surface area contributed by atoms with Crippen molar-refractivity contribution in [1.82, 2.24) is 14.7 Å². The van der Waals surface area contributed by atoms with Crippen molar-refractivity contribution >= 4 is 11.7 Å². The Morgan fingerprint density at radius 2 is 1.61 bits per heavy atom. The molecule has 0 saturated carbocycles. The Kier molecular flexibility index (Phi) is 7.28. The molecule has 0 aromatic heterocycles. The monoisotopic (exact) mass is 382 g/mol. The van der Waals surface area contributed by atoms with E-state index >= 15 is 0 Å². The smallest absolute Gasteiger partial charge is 0.321 e. The van der Waals surface area contributed by atoms with E-state index in [0.717, 1.165) is 62.9 Å². The second-order valence-electron chi connectivity index (χ2n) is 7.36. The molecule has 1 N–H and O–H groups in total. The van der Waals surface area contributed by atoms with E-state index in [1.165, 1.54) is 0 Å². The van der Waals surface area contributed by atoms with Crippen molar-refractivity contribution in [3.63, 3.8) is 0 Å². The lowest BCUT2D eigenvalue weighted by Crippen LogP contribution is -2.50. The summed E-state index contributed by atoms with van der Waals surface area (Å²) in [6, 6.07) is 17.1. The van der Waals surface area contributed by atoms with E-state index in [9.17, 15) is 4.79 Å². The number of carbonyl (C=O) groups excluding carboxylic acids is 1. The van der Waals surface area contributed by atoms with Crippen LogP contribution in [0.3, 0.4) is 0 Å². The molecule has 0 radical (unpaired) electrons. The number of nitrogens with one attached hydrogen (secondary N) is 1. The third-order valence-corrected chi connectivity index (χ3v) is 4.82. The van der Waals surface area contributed by atoms with E-state index < -0.39 is 0 Å². The summed E-state index contributed by atoms with van der Waals surface area (Å²) in [5, 5.41) is 2.98. The van der Waals surface area contributed by atoms with Crippen LogP contribution in [0.25, 0.3) is 0 Å². The predicted octanol–water partition coefficient (Wildman–Crippen LogP) is 3.58. The van der Waals surface area contributed by atoms with E-state index in [-0.39, 0.29) is 6.03 Å². The van der Waals surface area contributed by atoms with Gasteiger partial charge < -0.3 is 19.9 Å². The highest BCUT2D eigenvalue weighted by molar-refractivity contribution is 5.89. The second kappa shape index (κ2) is 10.1. The van der Waals surface area contributed by atoms with Gasteiger partial charge in [0.2, 0.25) is 0 Å². The molecule has 0 aliphatic carbocycles. The number of amides is 2. The van der Waals surface area contributed by atoms with Gasteiger partial charge in [0, 0.05) is 31.9 Å². The van der Waals surface area contributed by atoms with Crippen LogP contribution in [-0.2, 0) is 0 Å². The molecule has 1 heterocycles. The molecule has 6 heteroatoms. The summed E-state index contributed by atoms with van der Waals surface area (Å²) >= 11 is 0. The molecule has 1 saturated heterocycles. The lowest BCUT2D eigenvalue weighted by atomic mass is 10.2. The highest BCUT2D eigenvalue weighted by Gasteiger charge is 2.20. The molecular weight excluding hydrogens is 352 g/mol. The number of anilines is 1. The summed E-state index contributed by atoms with van der Waals surface area (Å²) in [6.45, 7) is 5.60. The fourth-order valence-electron chi connectivity index (χ4n) is 3.22. The summed E-state index contributed by atoms with van der Waals surface area (Å²) in [7, 11) is 4.20. The molecule has 150 valence electrons. The number of piperazine rings is 1. The molecule has 6 nitrogen and oxygen atoms in total. The summed E-state index contributed by atoms with van der Waals surface area (Å²) < 4.78 is 5.78. The Hall–Kier alpha value is -2.57. The molecular formula is C22H30N4O2. The van der Waals surface area contributed by atoms with E-state index in [1.807, 2.05) is 59.5 Å². The van der Waals surface area contributed by atoms with Gasteiger partial charge in [-0.15, -0.1) is 0 Å². The predicted molar refractivity (Wildman–Crippen MR) is 113 cm³/mol. The van der Waals surface area contributed by atoms with Crippen molar-refractivity contribution in [2.45, 2.75) is 6.42 Å². The Bertz CT molecular complexity index is 726. The molecule has 1 aliphatic heterocycles. The van der Waals surface area contributed by atoms with Crippen molar-refractivity contribution in [3.8, 4) is 11.5 Å². The first-order valence-electron chi connectivity index (χ1n) is 9.86. The van der Waals surface area contributed by atoms with Gasteiger partial charge in [-0.25, -0.2) is 4.79 Å². The maximum Gasteiger partial charge on any atom is 0.321 e. The van der Waals surface area contributed by atoms with Gasteiger partial charge >= 0.3 is 6.03 Å². The number of hydrogen-bond donors (Lipinski definition) is 1. The third kappa shape index (κ3) is 6.25. The first-order valence-corrected chi connectivity index (χ1v) is 9.86. The lowest BCUT2D eigenvalue weighted by Gasteiger charge is -2.34. The Labute approximate surface area is 167 Å². The van der Waals surface area contributed by atoms with Gasteiger partial charge in [0.1, 0.15) is 11.5 Å². The fourth-order valence-corrected chi connectivity index (χ4v) is 3.22. The van der Waals surface area contributed by atoms with Crippen LogP contribution in [0.5, 0.6) is 11.5 Å². The Balaban J connectivity index is 1.42. The molecule has 2 aromatic carbocycles. The minimum absolute atomic E-state index is 0.0373. The van der Waals surface area contributed by atoms with Crippen LogP contribution in [0.2, 0.25) is 0 Å². The average Bonchev–Trinajstić information content (AvgIpc) is 2.70. The maximum atomic E-state index is 12.5. The second-order valence-corrected chi connectivity index (χ2v) is 7.36. The van der Waals surface area contributed by atoms with E-state index in [1.54, 1.807) is 0 Å². The first kappa shape index (κ1) is 20.2. The molecule has 0 bridgehead atoms. The molecule has 1 fully saturated rings. The van der Waals surface area contributed by atoms with Gasteiger partial charge in [-0.1, -0.05) is 18.2 Å². The van der Waals surface area contributed by atoms with Crippen LogP contribution in [0.4, 0.5) is 10.5 Å². The largest absolute Gasteiger partial charge is 0.457 e. The third-order valence-electron chi connectivity index (χ3n) is 4.82. The number of carbonyl (C=O) groups is 1. The Morgan fingerprint density at radius 1 is 0.964 bits per heavy atom. The molecule has 0 unspecified atom stereocenters. The maximum absolute atomic E-state index is 12.5. The molecule has 0 atom stereocenters. The molecule has 2 amide bonds. The van der Waals surface area contributed by atoms with Crippen LogP contribution < -0.4 is 10.1 Å². The SMILES string of the molecule is CN(C)CCCN1CCN(C(=O)Nc2ccc(Oc3ccccc3)cc2)CC1. The molecule has 2 aromatic rings. The van der Waals surface area contributed by atoms with E-state index in [2.05, 4.69) is 29.2 Å². The number of nitrogens with zero attached hydrogens (tertiary/aromatic N) is 3. The van der Waals surface area contributed by atoms with Gasteiger partial charge in [0.05, 0.1) is 0 Å². The summed E-state index contributed by atoms with van der Waals surface area (Å²) in [4.78, 5) is 19.0. The van der Waals surface area contributed by atoms with Gasteiger partial charge in [-0.3, -0.25) is 4.90 Å². The van der Waals surface area contributed by atoms with Crippen LogP contribution in [0, 0.1) is 0 Å². The summed E-state index contributed by atoms with van der Waals surface area (Å²) in [6.07, 6.45) is 1.16. The van der Waals surface area contributed by atoms with Crippen molar-refractivity contribution in [3.05, 3.63) is 54.6 Å². The molecule has 3 rings (SSSR count). The quantitative estimate of drug-likeness (QED) is 0.795. The van der Waals surface area contributed by atoms with Gasteiger partial charge in [0.15, 0.2) is 0 Å². The molecule has 28 heavy (non-hydrogen) atoms. The van der Waals surface area contributed by atoms with Crippen LogP contribution in [0.1, 0.15) is 6.42 Å². The average molecular weight is 383 g/mol. The van der Waals surface area contributed by atoms with E-state index in [0.29, 0.717) is 0 Å². The number of ether oxygens (including phenoxy) is 1. The number of rotatable bonds is 7. The van der Waals surface area contributed by atoms with Gasteiger partial charge in [-0.05, 0) is 70.0 Å². The first-order chi connectivity index (χ1) is 13.6.